The third kappa shape index (κ3) is 3.77. The van der Waals surface area contributed by atoms with Crippen LogP contribution in [0.25, 0.3) is 0 Å². The smallest absolute Gasteiger partial charge is 0.253 e. The molecule has 1 heterocycles. The molecule has 0 aliphatic carbocycles. The van der Waals surface area contributed by atoms with E-state index in [1.807, 2.05) is 18.9 Å². The van der Waals surface area contributed by atoms with Crippen LogP contribution in [-0.4, -0.2) is 50.7 Å². The molecule has 7 heteroatoms. The van der Waals surface area contributed by atoms with Gasteiger partial charge in [0.15, 0.2) is 0 Å². The fourth-order valence-electron chi connectivity index (χ4n) is 2.32. The van der Waals surface area contributed by atoms with Crippen molar-refractivity contribution in [2.45, 2.75) is 30.4 Å². The predicted octanol–water partition coefficient (Wildman–Crippen LogP) is -0.157. The number of benzene rings is 1. The second-order valence-electron chi connectivity index (χ2n) is 5.28. The van der Waals surface area contributed by atoms with Gasteiger partial charge < -0.3 is 5.11 Å². The standard InChI is InChI=1S/C13H21N3O3S/c1-10-3-5-13(6-4-10)20(18,19)15-14-8-11-7-12(17)9-16(11)2/h3-6,11-12,14-15,17H,7-9H2,1-2H3/t11-,12+/m0/s1. The molecule has 3 N–H and O–H groups in total. The Labute approximate surface area is 119 Å². The zero-order valence-electron chi connectivity index (χ0n) is 11.7. The molecule has 2 rings (SSSR count). The van der Waals surface area contributed by atoms with Crippen LogP contribution < -0.4 is 10.3 Å². The number of aliphatic hydroxyl groups is 1. The van der Waals surface area contributed by atoms with E-state index in [1.165, 1.54) is 0 Å². The molecule has 1 aromatic carbocycles. The first-order valence-electron chi connectivity index (χ1n) is 6.58. The topological polar surface area (TPSA) is 81.7 Å². The van der Waals surface area contributed by atoms with Gasteiger partial charge in [0, 0.05) is 19.1 Å². The van der Waals surface area contributed by atoms with E-state index in [0.29, 0.717) is 19.5 Å². The largest absolute Gasteiger partial charge is 0.392 e. The monoisotopic (exact) mass is 299 g/mol. The van der Waals surface area contributed by atoms with E-state index in [2.05, 4.69) is 10.3 Å². The van der Waals surface area contributed by atoms with Crippen molar-refractivity contribution < 1.29 is 13.5 Å². The summed E-state index contributed by atoms with van der Waals surface area (Å²) in [5.41, 5.74) is 3.75. The lowest BCUT2D eigenvalue weighted by Gasteiger charge is -2.19. The molecule has 0 amide bonds. The highest BCUT2D eigenvalue weighted by Gasteiger charge is 2.27. The lowest BCUT2D eigenvalue weighted by atomic mass is 10.2. The van der Waals surface area contributed by atoms with Crippen LogP contribution in [0.4, 0.5) is 0 Å². The molecule has 0 spiro atoms. The molecule has 1 fully saturated rings. The molecule has 20 heavy (non-hydrogen) atoms. The lowest BCUT2D eigenvalue weighted by molar-refractivity contribution is 0.182. The number of hydrogen-bond donors (Lipinski definition) is 3. The molecule has 0 bridgehead atoms. The van der Waals surface area contributed by atoms with E-state index >= 15 is 0 Å². The van der Waals surface area contributed by atoms with E-state index < -0.39 is 10.0 Å². The van der Waals surface area contributed by atoms with E-state index in [4.69, 9.17) is 0 Å². The third-order valence-corrected chi connectivity index (χ3v) is 4.85. The number of aliphatic hydroxyl groups excluding tert-OH is 1. The van der Waals surface area contributed by atoms with Crippen LogP contribution in [0, 0.1) is 6.92 Å². The molecule has 0 saturated carbocycles. The maximum Gasteiger partial charge on any atom is 0.253 e. The Morgan fingerprint density at radius 3 is 2.55 bits per heavy atom. The molecule has 112 valence electrons. The van der Waals surface area contributed by atoms with Crippen LogP contribution in [0.15, 0.2) is 29.2 Å². The Morgan fingerprint density at radius 2 is 2.00 bits per heavy atom. The number of hydrogen-bond acceptors (Lipinski definition) is 5. The minimum absolute atomic E-state index is 0.130. The van der Waals surface area contributed by atoms with Crippen molar-refractivity contribution in [1.29, 1.82) is 0 Å². The van der Waals surface area contributed by atoms with Crippen LogP contribution in [0.3, 0.4) is 0 Å². The van der Waals surface area contributed by atoms with E-state index in [1.54, 1.807) is 24.3 Å². The normalized spacial score (nSPS) is 24.1. The first-order chi connectivity index (χ1) is 9.38. The number of β-amino-alcohol motifs (C(OH)–C–C–N with tert-alkyl or cyclic N) is 1. The van der Waals surface area contributed by atoms with Gasteiger partial charge in [-0.05, 0) is 32.5 Å². The van der Waals surface area contributed by atoms with Crippen molar-refractivity contribution in [3.8, 4) is 0 Å². The number of nitrogens with zero attached hydrogens (tertiary/aromatic N) is 1. The van der Waals surface area contributed by atoms with Crippen LogP contribution >= 0.6 is 0 Å². The van der Waals surface area contributed by atoms with Crippen molar-refractivity contribution in [1.82, 2.24) is 15.2 Å². The quantitative estimate of drug-likeness (QED) is 0.658. The SMILES string of the molecule is Cc1ccc(S(=O)(=O)NNC[C@@H]2C[C@@H](O)CN2C)cc1. The second kappa shape index (κ2) is 6.19. The van der Waals surface area contributed by atoms with E-state index in [0.717, 1.165) is 5.56 Å². The second-order valence-corrected chi connectivity index (χ2v) is 6.96. The van der Waals surface area contributed by atoms with Crippen molar-refractivity contribution in [3.05, 3.63) is 29.8 Å². The maximum atomic E-state index is 12.0. The molecular weight excluding hydrogens is 278 g/mol. The molecule has 2 atom stereocenters. The molecular formula is C13H21N3O3S. The molecule has 1 aliphatic heterocycles. The molecule has 1 aromatic rings. The number of hydrazine groups is 1. The summed E-state index contributed by atoms with van der Waals surface area (Å²) < 4.78 is 24.1. The average Bonchev–Trinajstić information content (AvgIpc) is 2.68. The fraction of sp³-hybridized carbons (Fsp3) is 0.538. The maximum absolute atomic E-state index is 12.0. The summed E-state index contributed by atoms with van der Waals surface area (Å²) in [6.45, 7) is 2.99. The first-order valence-corrected chi connectivity index (χ1v) is 8.06. The van der Waals surface area contributed by atoms with Gasteiger partial charge in [0.25, 0.3) is 10.0 Å². The number of sulfonamides is 1. The molecule has 1 saturated heterocycles. The molecule has 0 unspecified atom stereocenters. The Kier molecular flexibility index (Phi) is 4.77. The zero-order chi connectivity index (χ0) is 14.8. The van der Waals surface area contributed by atoms with E-state index in [-0.39, 0.29) is 17.0 Å². The van der Waals surface area contributed by atoms with Crippen LogP contribution in [0.5, 0.6) is 0 Å². The number of likely N-dealkylation sites (N-methyl/N-ethyl adjacent to an activating group) is 1. The molecule has 0 radical (unpaired) electrons. The summed E-state index contributed by atoms with van der Waals surface area (Å²) in [5.74, 6) is 0. The Morgan fingerprint density at radius 1 is 1.35 bits per heavy atom. The zero-order valence-corrected chi connectivity index (χ0v) is 12.5. The summed E-state index contributed by atoms with van der Waals surface area (Å²) in [5, 5.41) is 9.53. The Bertz CT molecular complexity index is 544. The van der Waals surface area contributed by atoms with Crippen molar-refractivity contribution >= 4 is 10.0 Å². The van der Waals surface area contributed by atoms with Gasteiger partial charge in [-0.2, -0.15) is 0 Å². The number of likely N-dealkylation sites (tertiary alicyclic amines) is 1. The minimum atomic E-state index is -3.54. The summed E-state index contributed by atoms with van der Waals surface area (Å²) >= 11 is 0. The van der Waals surface area contributed by atoms with Crippen LogP contribution in [0.2, 0.25) is 0 Å². The molecule has 1 aliphatic rings. The van der Waals surface area contributed by atoms with Gasteiger partial charge in [0.1, 0.15) is 0 Å². The van der Waals surface area contributed by atoms with Crippen LogP contribution in [0.1, 0.15) is 12.0 Å². The molecule has 6 nitrogen and oxygen atoms in total. The third-order valence-electron chi connectivity index (χ3n) is 3.54. The Balaban J connectivity index is 1.88. The highest BCUT2D eigenvalue weighted by Crippen LogP contribution is 2.14. The Hall–Kier alpha value is -0.990. The van der Waals surface area contributed by atoms with Crippen molar-refractivity contribution in [2.75, 3.05) is 20.1 Å². The fourth-order valence-corrected chi connectivity index (χ4v) is 3.21. The minimum Gasteiger partial charge on any atom is -0.392 e. The van der Waals surface area contributed by atoms with E-state index in [9.17, 15) is 13.5 Å². The number of aryl methyl sites for hydroxylation is 1. The number of rotatable bonds is 5. The van der Waals surface area contributed by atoms with Gasteiger partial charge in [0.2, 0.25) is 0 Å². The predicted molar refractivity (Wildman–Crippen MR) is 76.5 cm³/mol. The van der Waals surface area contributed by atoms with Gasteiger partial charge in [-0.3, -0.25) is 4.90 Å². The summed E-state index contributed by atoms with van der Waals surface area (Å²) in [6, 6.07) is 6.80. The summed E-state index contributed by atoms with van der Waals surface area (Å²) in [7, 11) is -1.63. The van der Waals surface area contributed by atoms with Crippen molar-refractivity contribution in [2.24, 2.45) is 0 Å². The van der Waals surface area contributed by atoms with Crippen LogP contribution in [-0.2, 0) is 10.0 Å². The van der Waals surface area contributed by atoms with Crippen molar-refractivity contribution in [3.63, 3.8) is 0 Å². The summed E-state index contributed by atoms with van der Waals surface area (Å²) in [6.07, 6.45) is 0.316. The highest BCUT2D eigenvalue weighted by atomic mass is 32.2. The number of nitrogens with one attached hydrogen (secondary N) is 2. The van der Waals surface area contributed by atoms with Gasteiger partial charge in [-0.15, -0.1) is 4.83 Å². The first kappa shape index (κ1) is 15.4. The summed E-state index contributed by atoms with van der Waals surface area (Å²) in [4.78, 5) is 4.61. The average molecular weight is 299 g/mol. The van der Waals surface area contributed by atoms with Gasteiger partial charge in [0.05, 0.1) is 11.0 Å². The lowest BCUT2D eigenvalue weighted by Crippen LogP contribution is -2.44. The molecule has 0 aromatic heterocycles. The van der Waals surface area contributed by atoms with Gasteiger partial charge >= 0.3 is 0 Å². The van der Waals surface area contributed by atoms with Gasteiger partial charge in [-0.25, -0.2) is 13.8 Å². The highest BCUT2D eigenvalue weighted by molar-refractivity contribution is 7.89. The van der Waals surface area contributed by atoms with Gasteiger partial charge in [-0.1, -0.05) is 17.7 Å².